The van der Waals surface area contributed by atoms with E-state index in [2.05, 4.69) is 21.2 Å². The Kier molecular flexibility index (Phi) is 4.81. The molecular weight excluding hydrogens is 386 g/mol. The number of anilines is 2. The minimum atomic E-state index is -0.377. The van der Waals surface area contributed by atoms with Crippen LogP contribution in [0.5, 0.6) is 0 Å². The van der Waals surface area contributed by atoms with E-state index in [0.717, 1.165) is 4.47 Å². The van der Waals surface area contributed by atoms with Crippen LogP contribution in [0.25, 0.3) is 0 Å². The Balaban J connectivity index is 2.28. The summed E-state index contributed by atoms with van der Waals surface area (Å²) >= 11 is 21.1. The van der Waals surface area contributed by atoms with Crippen LogP contribution in [0.2, 0.25) is 15.1 Å². The summed E-state index contributed by atoms with van der Waals surface area (Å²) in [5.41, 5.74) is 6.65. The number of hydrogen-bond donors (Lipinski definition) is 2. The maximum absolute atomic E-state index is 12.1. The fourth-order valence-electron chi connectivity index (χ4n) is 1.50. The zero-order valence-electron chi connectivity index (χ0n) is 9.88. The first-order chi connectivity index (χ1) is 9.38. The highest BCUT2D eigenvalue weighted by Crippen LogP contribution is 2.30. The summed E-state index contributed by atoms with van der Waals surface area (Å²) in [7, 11) is 0. The van der Waals surface area contributed by atoms with Crippen LogP contribution >= 0.6 is 50.7 Å². The Morgan fingerprint density at radius 2 is 1.65 bits per heavy atom. The molecule has 2 aromatic rings. The molecule has 0 saturated heterocycles. The highest BCUT2D eigenvalue weighted by atomic mass is 79.9. The van der Waals surface area contributed by atoms with Crippen molar-refractivity contribution in [3.8, 4) is 0 Å². The normalized spacial score (nSPS) is 10.4. The van der Waals surface area contributed by atoms with Gasteiger partial charge in [-0.3, -0.25) is 4.79 Å². The number of hydrogen-bond acceptors (Lipinski definition) is 2. The molecule has 3 nitrogen and oxygen atoms in total. The van der Waals surface area contributed by atoms with Gasteiger partial charge in [-0.2, -0.15) is 0 Å². The van der Waals surface area contributed by atoms with Crippen molar-refractivity contribution < 1.29 is 4.79 Å². The van der Waals surface area contributed by atoms with E-state index in [9.17, 15) is 4.79 Å². The molecular formula is C13H8BrCl3N2O. The van der Waals surface area contributed by atoms with Crippen molar-refractivity contribution >= 4 is 68.0 Å². The number of nitrogens with one attached hydrogen (secondary N) is 1. The van der Waals surface area contributed by atoms with Gasteiger partial charge in [0.05, 0.1) is 26.4 Å². The van der Waals surface area contributed by atoms with Crippen molar-refractivity contribution in [2.24, 2.45) is 0 Å². The minimum absolute atomic E-state index is 0.226. The predicted molar refractivity (Wildman–Crippen MR) is 88.0 cm³/mol. The topological polar surface area (TPSA) is 55.1 Å². The second-order valence-corrected chi connectivity index (χ2v) is 6.07. The number of nitrogen functional groups attached to an aromatic ring is 1. The first-order valence-corrected chi connectivity index (χ1v) is 7.32. The van der Waals surface area contributed by atoms with Crippen LogP contribution in [0, 0.1) is 0 Å². The molecule has 0 atom stereocenters. The monoisotopic (exact) mass is 392 g/mol. The molecule has 0 aromatic heterocycles. The Hall–Kier alpha value is -0.940. The average Bonchev–Trinajstić information content (AvgIpc) is 2.38. The molecule has 0 fully saturated rings. The third kappa shape index (κ3) is 3.38. The van der Waals surface area contributed by atoms with E-state index in [1.165, 1.54) is 12.1 Å². The Bertz CT molecular complexity index is 668. The molecule has 0 bridgehead atoms. The molecule has 0 aliphatic heterocycles. The summed E-state index contributed by atoms with van der Waals surface area (Å²) in [6, 6.07) is 8.03. The molecule has 2 aromatic carbocycles. The molecule has 20 heavy (non-hydrogen) atoms. The third-order valence-corrected chi connectivity index (χ3v) is 3.95. The molecule has 0 radical (unpaired) electrons. The molecule has 0 heterocycles. The molecule has 2 rings (SSSR count). The van der Waals surface area contributed by atoms with Gasteiger partial charge in [-0.25, -0.2) is 0 Å². The standard InChI is InChI=1S/C13H8BrCl3N2O/c14-7-1-2-11(8(15)5-7)19-13(20)6-3-9(16)12(18)10(17)4-6/h1-5H,18H2,(H,19,20). The van der Waals surface area contributed by atoms with Gasteiger partial charge in [-0.15, -0.1) is 0 Å². The SMILES string of the molecule is Nc1c(Cl)cc(C(=O)Nc2ccc(Br)cc2Cl)cc1Cl. The molecule has 0 aliphatic rings. The van der Waals surface area contributed by atoms with Crippen molar-refractivity contribution in [1.82, 2.24) is 0 Å². The summed E-state index contributed by atoms with van der Waals surface area (Å²) in [5.74, 6) is -0.377. The minimum Gasteiger partial charge on any atom is -0.396 e. The molecule has 3 N–H and O–H groups in total. The first kappa shape index (κ1) is 15.4. The van der Waals surface area contributed by atoms with E-state index in [4.69, 9.17) is 40.5 Å². The van der Waals surface area contributed by atoms with Gasteiger partial charge in [-0.05, 0) is 30.3 Å². The van der Waals surface area contributed by atoms with E-state index in [1.54, 1.807) is 18.2 Å². The van der Waals surface area contributed by atoms with Gasteiger partial charge in [0.1, 0.15) is 0 Å². The number of benzene rings is 2. The predicted octanol–water partition coefficient (Wildman–Crippen LogP) is 5.24. The maximum atomic E-state index is 12.1. The van der Waals surface area contributed by atoms with Gasteiger partial charge >= 0.3 is 0 Å². The van der Waals surface area contributed by atoms with E-state index in [0.29, 0.717) is 16.3 Å². The van der Waals surface area contributed by atoms with Gasteiger partial charge in [-0.1, -0.05) is 50.7 Å². The highest BCUT2D eigenvalue weighted by molar-refractivity contribution is 9.10. The fraction of sp³-hybridized carbons (Fsp3) is 0. The third-order valence-electron chi connectivity index (χ3n) is 2.52. The number of carbonyl (C=O) groups excluding carboxylic acids is 1. The number of amides is 1. The maximum Gasteiger partial charge on any atom is 0.255 e. The molecule has 7 heteroatoms. The van der Waals surface area contributed by atoms with Crippen LogP contribution in [0.1, 0.15) is 10.4 Å². The van der Waals surface area contributed by atoms with Crippen molar-refractivity contribution in [3.05, 3.63) is 55.4 Å². The first-order valence-electron chi connectivity index (χ1n) is 5.39. The van der Waals surface area contributed by atoms with Gasteiger partial charge in [0.2, 0.25) is 0 Å². The second kappa shape index (κ2) is 6.22. The molecule has 0 saturated carbocycles. The molecule has 0 spiro atoms. The highest BCUT2D eigenvalue weighted by Gasteiger charge is 2.12. The lowest BCUT2D eigenvalue weighted by Gasteiger charge is -2.09. The summed E-state index contributed by atoms with van der Waals surface area (Å²) in [6.45, 7) is 0. The molecule has 104 valence electrons. The van der Waals surface area contributed by atoms with Crippen molar-refractivity contribution in [3.63, 3.8) is 0 Å². The Morgan fingerprint density at radius 3 is 2.20 bits per heavy atom. The van der Waals surface area contributed by atoms with Crippen molar-refractivity contribution in [2.75, 3.05) is 11.1 Å². The summed E-state index contributed by atoms with van der Waals surface area (Å²) < 4.78 is 0.819. The zero-order valence-corrected chi connectivity index (χ0v) is 13.7. The van der Waals surface area contributed by atoms with E-state index in [1.807, 2.05) is 0 Å². The fourth-order valence-corrected chi connectivity index (χ4v) is 2.71. The number of rotatable bonds is 2. The number of nitrogens with two attached hydrogens (primary N) is 1. The lowest BCUT2D eigenvalue weighted by Crippen LogP contribution is -2.12. The van der Waals surface area contributed by atoms with Crippen LogP contribution < -0.4 is 11.1 Å². The lowest BCUT2D eigenvalue weighted by molar-refractivity contribution is 0.102. The zero-order chi connectivity index (χ0) is 14.9. The summed E-state index contributed by atoms with van der Waals surface area (Å²) in [6.07, 6.45) is 0. The second-order valence-electron chi connectivity index (χ2n) is 3.93. The molecule has 0 aliphatic carbocycles. The van der Waals surface area contributed by atoms with E-state index < -0.39 is 0 Å². The quantitative estimate of drug-likeness (QED) is 0.684. The van der Waals surface area contributed by atoms with Gasteiger partial charge in [0.25, 0.3) is 5.91 Å². The van der Waals surface area contributed by atoms with Crippen molar-refractivity contribution in [2.45, 2.75) is 0 Å². The Morgan fingerprint density at radius 1 is 1.05 bits per heavy atom. The smallest absolute Gasteiger partial charge is 0.255 e. The van der Waals surface area contributed by atoms with Crippen LogP contribution in [0.3, 0.4) is 0 Å². The molecule has 1 amide bonds. The summed E-state index contributed by atoms with van der Waals surface area (Å²) in [5, 5.41) is 3.55. The largest absolute Gasteiger partial charge is 0.396 e. The lowest BCUT2D eigenvalue weighted by atomic mass is 10.2. The number of carbonyl (C=O) groups is 1. The van der Waals surface area contributed by atoms with Crippen LogP contribution in [0.4, 0.5) is 11.4 Å². The van der Waals surface area contributed by atoms with Crippen LogP contribution in [-0.2, 0) is 0 Å². The van der Waals surface area contributed by atoms with Gasteiger partial charge in [0, 0.05) is 10.0 Å². The van der Waals surface area contributed by atoms with Crippen LogP contribution in [-0.4, -0.2) is 5.91 Å². The van der Waals surface area contributed by atoms with Crippen molar-refractivity contribution in [1.29, 1.82) is 0 Å². The average molecular weight is 394 g/mol. The number of halogens is 4. The Labute approximate surface area is 139 Å². The van der Waals surface area contributed by atoms with Gasteiger partial charge < -0.3 is 11.1 Å². The van der Waals surface area contributed by atoms with E-state index >= 15 is 0 Å². The van der Waals surface area contributed by atoms with E-state index in [-0.39, 0.29) is 21.6 Å². The summed E-state index contributed by atoms with van der Waals surface area (Å²) in [4.78, 5) is 12.1. The van der Waals surface area contributed by atoms with Crippen LogP contribution in [0.15, 0.2) is 34.8 Å². The molecule has 0 unspecified atom stereocenters. The van der Waals surface area contributed by atoms with Gasteiger partial charge in [0.15, 0.2) is 0 Å².